The Kier molecular flexibility index (Phi) is 5.75. The molecule has 120 valence electrons. The van der Waals surface area contributed by atoms with Gasteiger partial charge in [-0.1, -0.05) is 62.4 Å². The summed E-state index contributed by atoms with van der Waals surface area (Å²) in [6.07, 6.45) is 1.96. The van der Waals surface area contributed by atoms with E-state index in [0.29, 0.717) is 11.3 Å². The van der Waals surface area contributed by atoms with Gasteiger partial charge >= 0.3 is 0 Å². The van der Waals surface area contributed by atoms with Crippen LogP contribution in [0.3, 0.4) is 0 Å². The summed E-state index contributed by atoms with van der Waals surface area (Å²) in [6.45, 7) is 5.59. The van der Waals surface area contributed by atoms with Crippen LogP contribution < -0.4 is 5.73 Å². The van der Waals surface area contributed by atoms with E-state index in [0.717, 1.165) is 18.4 Å². The summed E-state index contributed by atoms with van der Waals surface area (Å²) in [5, 5.41) is 0. The van der Waals surface area contributed by atoms with Crippen LogP contribution in [-0.4, -0.2) is 5.78 Å². The predicted octanol–water partition coefficient (Wildman–Crippen LogP) is 4.39. The van der Waals surface area contributed by atoms with Gasteiger partial charge in [0.2, 0.25) is 0 Å². The molecule has 2 aromatic rings. The fourth-order valence-electron chi connectivity index (χ4n) is 2.89. The van der Waals surface area contributed by atoms with Gasteiger partial charge in [-0.05, 0) is 48.4 Å². The Labute approximate surface area is 139 Å². The van der Waals surface area contributed by atoms with E-state index in [-0.39, 0.29) is 11.7 Å². The molecule has 0 aliphatic carbocycles. The maximum atomic E-state index is 11.9. The molecule has 0 amide bonds. The Morgan fingerprint density at radius 3 is 2.17 bits per heavy atom. The van der Waals surface area contributed by atoms with Gasteiger partial charge in [-0.3, -0.25) is 4.79 Å². The quantitative estimate of drug-likeness (QED) is 0.804. The number of benzene rings is 2. The first-order valence-corrected chi connectivity index (χ1v) is 8.13. The average molecular weight is 307 g/mol. The second-order valence-corrected chi connectivity index (χ2v) is 6.22. The molecule has 23 heavy (non-hydrogen) atoms. The summed E-state index contributed by atoms with van der Waals surface area (Å²) in [6, 6.07) is 18.7. The first-order chi connectivity index (χ1) is 11.0. The number of allylic oxidation sites excluding steroid dienone is 1. The molecule has 2 nitrogen and oxygen atoms in total. The van der Waals surface area contributed by atoms with E-state index in [1.165, 1.54) is 11.1 Å². The molecule has 2 heteroatoms. The average Bonchev–Trinajstić information content (AvgIpc) is 2.53. The van der Waals surface area contributed by atoms with Crippen LogP contribution in [0.5, 0.6) is 0 Å². The third-order valence-corrected chi connectivity index (χ3v) is 4.03. The molecule has 0 aliphatic rings. The Morgan fingerprint density at radius 1 is 0.957 bits per heavy atom. The molecule has 0 fully saturated rings. The minimum Gasteiger partial charge on any atom is -0.398 e. The van der Waals surface area contributed by atoms with Crippen molar-refractivity contribution in [3.63, 3.8) is 0 Å². The van der Waals surface area contributed by atoms with Crippen LogP contribution in [0.4, 0.5) is 0 Å². The summed E-state index contributed by atoms with van der Waals surface area (Å²) in [5.74, 6) is 0.174. The van der Waals surface area contributed by atoms with Crippen molar-refractivity contribution in [2.75, 3.05) is 0 Å². The smallest absolute Gasteiger partial charge is 0.158 e. The molecule has 2 aromatic carbocycles. The molecule has 0 bridgehead atoms. The molecule has 0 heterocycles. The van der Waals surface area contributed by atoms with Gasteiger partial charge in [0.1, 0.15) is 0 Å². The van der Waals surface area contributed by atoms with Gasteiger partial charge in [-0.25, -0.2) is 0 Å². The molecule has 2 N–H and O–H groups in total. The Morgan fingerprint density at radius 2 is 1.57 bits per heavy atom. The summed E-state index contributed by atoms with van der Waals surface area (Å²) >= 11 is 0. The zero-order chi connectivity index (χ0) is 16.8. The van der Waals surface area contributed by atoms with Crippen molar-refractivity contribution < 1.29 is 4.79 Å². The summed E-state index contributed by atoms with van der Waals surface area (Å²) in [4.78, 5) is 11.9. The molecule has 0 atom stereocenters. The Bertz CT molecular complexity index is 699. The summed E-state index contributed by atoms with van der Waals surface area (Å²) in [5.41, 5.74) is 11.1. The van der Waals surface area contributed by atoms with Crippen LogP contribution in [0, 0.1) is 5.92 Å². The lowest BCUT2D eigenvalue weighted by Gasteiger charge is -2.14. The third-order valence-electron chi connectivity index (χ3n) is 4.03. The van der Waals surface area contributed by atoms with Crippen molar-refractivity contribution >= 4 is 11.5 Å². The van der Waals surface area contributed by atoms with Gasteiger partial charge in [0.05, 0.1) is 0 Å². The minimum absolute atomic E-state index is 0.0483. The molecule has 0 saturated heterocycles. The lowest BCUT2D eigenvalue weighted by Crippen LogP contribution is -2.12. The fourth-order valence-corrected chi connectivity index (χ4v) is 2.89. The third kappa shape index (κ3) is 4.56. The van der Waals surface area contributed by atoms with Crippen LogP contribution >= 0.6 is 0 Å². The fraction of sp³-hybridized carbons (Fsp3) is 0.286. The molecule has 0 aromatic heterocycles. The number of ketones is 1. The maximum absolute atomic E-state index is 11.9. The SMILES string of the molecule is CC(=O)/C(=C(\N)c1cccc(CCc2ccccc2)c1)C(C)C. The zero-order valence-electron chi connectivity index (χ0n) is 14.2. The minimum atomic E-state index is 0.0483. The van der Waals surface area contributed by atoms with Crippen molar-refractivity contribution in [1.82, 2.24) is 0 Å². The largest absolute Gasteiger partial charge is 0.398 e. The zero-order valence-corrected chi connectivity index (χ0v) is 14.2. The van der Waals surface area contributed by atoms with Crippen molar-refractivity contribution in [2.45, 2.75) is 33.6 Å². The number of rotatable bonds is 6. The highest BCUT2D eigenvalue weighted by atomic mass is 16.1. The molecule has 0 aliphatic heterocycles. The molecule has 0 saturated carbocycles. The van der Waals surface area contributed by atoms with Crippen LogP contribution in [0.15, 0.2) is 60.2 Å². The number of aryl methyl sites for hydroxylation is 2. The van der Waals surface area contributed by atoms with E-state index in [1.54, 1.807) is 6.92 Å². The molecular formula is C21H25NO. The molecule has 0 spiro atoms. The molecule has 2 rings (SSSR count). The summed E-state index contributed by atoms with van der Waals surface area (Å²) < 4.78 is 0. The number of hydrogen-bond donors (Lipinski definition) is 1. The Hall–Kier alpha value is -2.35. The second-order valence-electron chi connectivity index (χ2n) is 6.22. The maximum Gasteiger partial charge on any atom is 0.158 e. The standard InChI is InChI=1S/C21H25NO/c1-15(2)20(16(3)23)21(22)19-11-7-10-18(14-19)13-12-17-8-5-4-6-9-17/h4-11,14-15H,12-13,22H2,1-3H3/b21-20-. The summed E-state index contributed by atoms with van der Waals surface area (Å²) in [7, 11) is 0. The van der Waals surface area contributed by atoms with E-state index in [2.05, 4.69) is 36.4 Å². The first kappa shape index (κ1) is 17.0. The van der Waals surface area contributed by atoms with Gasteiger partial charge in [0, 0.05) is 11.3 Å². The van der Waals surface area contributed by atoms with Crippen molar-refractivity contribution in [3.05, 3.63) is 76.9 Å². The number of carbonyl (C=O) groups excluding carboxylic acids is 1. The van der Waals surface area contributed by atoms with Gasteiger partial charge in [-0.15, -0.1) is 0 Å². The number of hydrogen-bond acceptors (Lipinski definition) is 2. The molecule has 0 radical (unpaired) electrons. The van der Waals surface area contributed by atoms with Crippen LogP contribution in [-0.2, 0) is 17.6 Å². The monoisotopic (exact) mass is 307 g/mol. The van der Waals surface area contributed by atoms with E-state index in [4.69, 9.17) is 5.73 Å². The highest BCUT2D eigenvalue weighted by Gasteiger charge is 2.14. The van der Waals surface area contributed by atoms with Crippen LogP contribution in [0.2, 0.25) is 0 Å². The van der Waals surface area contributed by atoms with Crippen LogP contribution in [0.25, 0.3) is 5.70 Å². The van der Waals surface area contributed by atoms with Crippen molar-refractivity contribution in [2.24, 2.45) is 11.7 Å². The van der Waals surface area contributed by atoms with E-state index < -0.39 is 0 Å². The van der Waals surface area contributed by atoms with Gasteiger partial charge in [0.15, 0.2) is 5.78 Å². The van der Waals surface area contributed by atoms with Crippen molar-refractivity contribution in [1.29, 1.82) is 0 Å². The van der Waals surface area contributed by atoms with Gasteiger partial charge in [-0.2, -0.15) is 0 Å². The first-order valence-electron chi connectivity index (χ1n) is 8.13. The normalized spacial score (nSPS) is 12.2. The van der Waals surface area contributed by atoms with Crippen molar-refractivity contribution in [3.8, 4) is 0 Å². The van der Waals surface area contributed by atoms with E-state index in [1.807, 2.05) is 32.0 Å². The van der Waals surface area contributed by atoms with Gasteiger partial charge < -0.3 is 5.73 Å². The van der Waals surface area contributed by atoms with Crippen LogP contribution in [0.1, 0.15) is 37.5 Å². The van der Waals surface area contributed by atoms with E-state index >= 15 is 0 Å². The second kappa shape index (κ2) is 7.77. The van der Waals surface area contributed by atoms with E-state index in [9.17, 15) is 4.79 Å². The topological polar surface area (TPSA) is 43.1 Å². The Balaban J connectivity index is 2.22. The van der Waals surface area contributed by atoms with Gasteiger partial charge in [0.25, 0.3) is 0 Å². The molecule has 0 unspecified atom stereocenters. The molecular weight excluding hydrogens is 282 g/mol. The lowest BCUT2D eigenvalue weighted by atomic mass is 9.93. The number of nitrogens with two attached hydrogens (primary N) is 1. The highest BCUT2D eigenvalue weighted by molar-refractivity contribution is 6.00. The predicted molar refractivity (Wildman–Crippen MR) is 96.9 cm³/mol. The highest BCUT2D eigenvalue weighted by Crippen LogP contribution is 2.22. The number of Topliss-reactive ketones (excluding diaryl/α,β-unsaturated/α-hetero) is 1. The lowest BCUT2D eigenvalue weighted by molar-refractivity contribution is -0.113. The number of carbonyl (C=O) groups is 1.